The maximum atomic E-state index is 12.0. The Balaban J connectivity index is 3.47. The molecule has 96 valence electrons. The van der Waals surface area contributed by atoms with Crippen LogP contribution in [0.5, 0.6) is 5.75 Å². The summed E-state index contributed by atoms with van der Waals surface area (Å²) in [6, 6.07) is 1.61. The van der Waals surface area contributed by atoms with Crippen LogP contribution < -0.4 is 10.5 Å². The third-order valence-corrected chi connectivity index (χ3v) is 3.28. The first-order valence-electron chi connectivity index (χ1n) is 3.80. The number of hydrogen-bond acceptors (Lipinski definition) is 4. The zero-order valence-corrected chi connectivity index (χ0v) is 10.1. The van der Waals surface area contributed by atoms with Gasteiger partial charge in [0.25, 0.3) is 9.05 Å². The topological polar surface area (TPSA) is 69.4 Å². The fourth-order valence-electron chi connectivity index (χ4n) is 1.03. The molecule has 0 saturated carbocycles. The van der Waals surface area contributed by atoms with Crippen LogP contribution in [0.1, 0.15) is 0 Å². The van der Waals surface area contributed by atoms with E-state index in [1.807, 2.05) is 0 Å². The van der Waals surface area contributed by atoms with Gasteiger partial charge in [-0.05, 0) is 6.07 Å². The van der Waals surface area contributed by atoms with Gasteiger partial charge in [0.15, 0.2) is 5.75 Å². The minimum absolute atomic E-state index is 0.196. The first kappa shape index (κ1) is 14.2. The minimum Gasteiger partial charge on any atom is -0.404 e. The van der Waals surface area contributed by atoms with Crippen molar-refractivity contribution in [1.29, 1.82) is 0 Å². The van der Waals surface area contributed by atoms with E-state index in [4.69, 9.17) is 28.0 Å². The summed E-state index contributed by atoms with van der Waals surface area (Å²) in [6.45, 7) is 0. The third-order valence-electron chi connectivity index (χ3n) is 1.50. The van der Waals surface area contributed by atoms with Crippen LogP contribution in [0.15, 0.2) is 17.0 Å². The molecule has 2 N–H and O–H groups in total. The average molecular weight is 310 g/mol. The first-order valence-corrected chi connectivity index (χ1v) is 6.49. The molecule has 0 aliphatic heterocycles. The van der Waals surface area contributed by atoms with E-state index < -0.39 is 31.1 Å². The van der Waals surface area contributed by atoms with Crippen molar-refractivity contribution in [3.05, 3.63) is 17.2 Å². The van der Waals surface area contributed by atoms with Crippen LogP contribution in [0.4, 0.5) is 18.9 Å². The Labute approximate surface area is 103 Å². The Hall–Kier alpha value is -0.860. The summed E-state index contributed by atoms with van der Waals surface area (Å²) in [5, 5.41) is -0.556. The monoisotopic (exact) mass is 309 g/mol. The highest BCUT2D eigenvalue weighted by Gasteiger charge is 2.35. The number of halogens is 5. The summed E-state index contributed by atoms with van der Waals surface area (Å²) in [5.74, 6) is -1.07. The lowest BCUT2D eigenvalue weighted by molar-refractivity contribution is -0.275. The first-order chi connectivity index (χ1) is 7.50. The van der Waals surface area contributed by atoms with E-state index in [9.17, 15) is 21.6 Å². The molecular weight excluding hydrogens is 306 g/mol. The second kappa shape index (κ2) is 4.43. The summed E-state index contributed by atoms with van der Waals surface area (Å²) < 4.78 is 61.7. The van der Waals surface area contributed by atoms with Gasteiger partial charge in [0.2, 0.25) is 0 Å². The second-order valence-electron chi connectivity index (χ2n) is 2.82. The van der Waals surface area contributed by atoms with Crippen LogP contribution in [0.25, 0.3) is 0 Å². The van der Waals surface area contributed by atoms with Crippen LogP contribution >= 0.6 is 22.3 Å². The quantitative estimate of drug-likeness (QED) is 0.673. The number of nitrogen functional groups attached to an aromatic ring is 1. The van der Waals surface area contributed by atoms with E-state index in [1.54, 1.807) is 0 Å². The summed E-state index contributed by atoms with van der Waals surface area (Å²) >= 11 is 5.46. The van der Waals surface area contributed by atoms with Gasteiger partial charge in [-0.1, -0.05) is 11.6 Å². The van der Waals surface area contributed by atoms with E-state index >= 15 is 0 Å². The number of ether oxygens (including phenoxy) is 1. The second-order valence-corrected chi connectivity index (χ2v) is 5.73. The minimum atomic E-state index is -5.09. The normalized spacial score (nSPS) is 12.5. The van der Waals surface area contributed by atoms with Crippen molar-refractivity contribution in [2.24, 2.45) is 0 Å². The maximum absolute atomic E-state index is 12.0. The molecule has 1 rings (SSSR count). The van der Waals surface area contributed by atoms with Crippen LogP contribution in [0.3, 0.4) is 0 Å². The van der Waals surface area contributed by atoms with Crippen molar-refractivity contribution in [2.75, 3.05) is 5.73 Å². The van der Waals surface area contributed by atoms with Crippen LogP contribution in [0.2, 0.25) is 5.02 Å². The highest BCUT2D eigenvalue weighted by molar-refractivity contribution is 8.14. The molecule has 4 nitrogen and oxygen atoms in total. The van der Waals surface area contributed by atoms with Gasteiger partial charge in [0, 0.05) is 22.4 Å². The van der Waals surface area contributed by atoms with Crippen molar-refractivity contribution in [3.8, 4) is 5.75 Å². The Morgan fingerprint density at radius 3 is 2.24 bits per heavy atom. The molecule has 0 aromatic heterocycles. The summed E-state index contributed by atoms with van der Waals surface area (Å²) in [4.78, 5) is -0.979. The van der Waals surface area contributed by atoms with Crippen LogP contribution in [-0.4, -0.2) is 14.8 Å². The lowest BCUT2D eigenvalue weighted by Gasteiger charge is -2.13. The van der Waals surface area contributed by atoms with Crippen molar-refractivity contribution in [1.82, 2.24) is 0 Å². The smallest absolute Gasteiger partial charge is 0.404 e. The van der Waals surface area contributed by atoms with Gasteiger partial charge >= 0.3 is 6.36 Å². The molecule has 0 unspecified atom stereocenters. The summed E-state index contributed by atoms with van der Waals surface area (Å²) in [5.41, 5.74) is 5.02. The highest BCUT2D eigenvalue weighted by atomic mass is 35.7. The molecule has 1 aromatic rings. The maximum Gasteiger partial charge on any atom is 0.573 e. The Bertz CT molecular complexity index is 544. The predicted octanol–water partition coefficient (Wildman–Crippen LogP) is 2.75. The van der Waals surface area contributed by atoms with Gasteiger partial charge in [-0.2, -0.15) is 0 Å². The number of anilines is 1. The Morgan fingerprint density at radius 1 is 1.29 bits per heavy atom. The van der Waals surface area contributed by atoms with Gasteiger partial charge in [-0.3, -0.25) is 0 Å². The molecule has 0 bridgehead atoms. The van der Waals surface area contributed by atoms with Crippen LogP contribution in [-0.2, 0) is 9.05 Å². The number of benzene rings is 1. The molecular formula is C7H4Cl2F3NO3S. The number of rotatable bonds is 2. The van der Waals surface area contributed by atoms with Gasteiger partial charge in [0.05, 0.1) is 5.02 Å². The van der Waals surface area contributed by atoms with E-state index in [0.29, 0.717) is 6.07 Å². The highest BCUT2D eigenvalue weighted by Crippen LogP contribution is 2.38. The molecule has 0 fully saturated rings. The average Bonchev–Trinajstić information content (AvgIpc) is 1.94. The number of alkyl halides is 3. The number of nitrogens with two attached hydrogens (primary N) is 1. The standard InChI is InChI=1S/C7H4Cl2F3NO3S/c8-4-1-3(13)2-5(16-7(10,11)12)6(4)17(9,14)15/h1-2H,13H2. The molecule has 0 saturated heterocycles. The lowest BCUT2D eigenvalue weighted by atomic mass is 10.3. The molecule has 10 heteroatoms. The van der Waals surface area contributed by atoms with E-state index in [1.165, 1.54) is 0 Å². The van der Waals surface area contributed by atoms with Gasteiger partial charge in [0.1, 0.15) is 4.90 Å². The lowest BCUT2D eigenvalue weighted by Crippen LogP contribution is -2.18. The van der Waals surface area contributed by atoms with Crippen molar-refractivity contribution >= 4 is 37.0 Å². The Morgan fingerprint density at radius 2 is 1.82 bits per heavy atom. The van der Waals surface area contributed by atoms with Gasteiger partial charge < -0.3 is 10.5 Å². The number of hydrogen-bond donors (Lipinski definition) is 1. The zero-order valence-electron chi connectivity index (χ0n) is 7.75. The molecule has 0 atom stereocenters. The largest absolute Gasteiger partial charge is 0.573 e. The molecule has 0 radical (unpaired) electrons. The molecule has 0 aliphatic carbocycles. The van der Waals surface area contributed by atoms with Crippen molar-refractivity contribution < 1.29 is 26.3 Å². The van der Waals surface area contributed by atoms with E-state index in [0.717, 1.165) is 6.07 Å². The zero-order chi connectivity index (χ0) is 13.4. The predicted molar refractivity (Wildman–Crippen MR) is 55.6 cm³/mol. The van der Waals surface area contributed by atoms with Gasteiger partial charge in [-0.15, -0.1) is 13.2 Å². The molecule has 0 aliphatic rings. The fourth-order valence-corrected chi connectivity index (χ4v) is 2.78. The van der Waals surface area contributed by atoms with E-state index in [-0.39, 0.29) is 5.69 Å². The summed E-state index contributed by atoms with van der Waals surface area (Å²) in [6.07, 6.45) is -5.09. The SMILES string of the molecule is Nc1cc(Cl)c(S(=O)(=O)Cl)c(OC(F)(F)F)c1. The van der Waals surface area contributed by atoms with Gasteiger partial charge in [-0.25, -0.2) is 8.42 Å². The summed E-state index contributed by atoms with van der Waals surface area (Å²) in [7, 11) is 0.456. The molecule has 0 heterocycles. The molecule has 0 amide bonds. The molecule has 0 spiro atoms. The van der Waals surface area contributed by atoms with Crippen LogP contribution in [0, 0.1) is 0 Å². The molecule has 1 aromatic carbocycles. The Kier molecular flexibility index (Phi) is 3.70. The fraction of sp³-hybridized carbons (Fsp3) is 0.143. The van der Waals surface area contributed by atoms with Crippen molar-refractivity contribution in [2.45, 2.75) is 11.3 Å². The molecule has 17 heavy (non-hydrogen) atoms. The third kappa shape index (κ3) is 3.83. The van der Waals surface area contributed by atoms with E-state index in [2.05, 4.69) is 4.74 Å². The van der Waals surface area contributed by atoms with Crippen molar-refractivity contribution in [3.63, 3.8) is 0 Å².